The number of fused-ring (bicyclic) bond motifs is 1. The summed E-state index contributed by atoms with van der Waals surface area (Å²) in [6, 6.07) is 17.3. The van der Waals surface area contributed by atoms with Crippen LogP contribution in [0.1, 0.15) is 22.0 Å². The zero-order chi connectivity index (χ0) is 15.8. The Hall–Kier alpha value is -2.11. The van der Waals surface area contributed by atoms with Crippen LogP contribution in [0.5, 0.6) is 0 Å². The molecule has 1 aromatic heterocycles. The molecule has 1 aliphatic rings. The molecule has 114 valence electrons. The molecule has 0 saturated carbocycles. The number of carbonyl (C=O) groups is 1. The van der Waals surface area contributed by atoms with Gasteiger partial charge in [0.2, 0.25) is 0 Å². The maximum Gasteiger partial charge on any atom is 0.250 e. The lowest BCUT2D eigenvalue weighted by Crippen LogP contribution is -2.20. The summed E-state index contributed by atoms with van der Waals surface area (Å²) < 4.78 is 1.41. The smallest absolute Gasteiger partial charge is 0.250 e. The van der Waals surface area contributed by atoms with E-state index < -0.39 is 0 Å². The monoisotopic (exact) mass is 341 g/mol. The largest absolute Gasteiger partial charge is 0.272 e. The van der Waals surface area contributed by atoms with Gasteiger partial charge in [-0.15, -0.1) is 5.10 Å². The maximum absolute atomic E-state index is 12.4. The molecule has 0 N–H and O–H groups in total. The van der Waals surface area contributed by atoms with E-state index >= 15 is 0 Å². The highest BCUT2D eigenvalue weighted by molar-refractivity contribution is 7.99. The van der Waals surface area contributed by atoms with E-state index in [1.54, 1.807) is 23.9 Å². The molecule has 0 bridgehead atoms. The van der Waals surface area contributed by atoms with E-state index in [1.165, 1.54) is 4.68 Å². The van der Waals surface area contributed by atoms with Crippen LogP contribution in [0.2, 0.25) is 5.02 Å². The van der Waals surface area contributed by atoms with Gasteiger partial charge in [0.15, 0.2) is 11.0 Å². The highest BCUT2D eigenvalue weighted by Crippen LogP contribution is 2.41. The molecule has 1 atom stereocenters. The van der Waals surface area contributed by atoms with Crippen molar-refractivity contribution in [2.45, 2.75) is 16.8 Å². The molecule has 4 rings (SSSR count). The number of hydrogen-bond acceptors (Lipinski definition) is 4. The summed E-state index contributed by atoms with van der Waals surface area (Å²) in [5.41, 5.74) is 1.98. The van der Waals surface area contributed by atoms with Crippen LogP contribution in [-0.2, 0) is 0 Å². The minimum Gasteiger partial charge on any atom is -0.272 e. The zero-order valence-corrected chi connectivity index (χ0v) is 13.6. The van der Waals surface area contributed by atoms with Crippen molar-refractivity contribution in [3.05, 3.63) is 65.2 Å². The van der Waals surface area contributed by atoms with E-state index in [-0.39, 0.29) is 11.2 Å². The first-order chi connectivity index (χ1) is 11.2. The van der Waals surface area contributed by atoms with Crippen LogP contribution in [-0.4, -0.2) is 20.7 Å². The van der Waals surface area contributed by atoms with Crippen LogP contribution < -0.4 is 0 Å². The Kier molecular flexibility index (Phi) is 3.67. The molecule has 0 amide bonds. The Morgan fingerprint density at radius 1 is 1.09 bits per heavy atom. The Morgan fingerprint density at radius 2 is 1.83 bits per heavy atom. The van der Waals surface area contributed by atoms with Gasteiger partial charge >= 0.3 is 0 Å². The normalized spacial score (nSPS) is 17.1. The molecule has 4 nitrogen and oxygen atoms in total. The van der Waals surface area contributed by atoms with E-state index in [0.29, 0.717) is 22.4 Å². The van der Waals surface area contributed by atoms with Gasteiger partial charge in [-0.05, 0) is 29.8 Å². The predicted molar refractivity (Wildman–Crippen MR) is 90.8 cm³/mol. The molecular formula is C17H12ClN3OS. The third-order valence-electron chi connectivity index (χ3n) is 3.70. The molecule has 0 radical (unpaired) electrons. The van der Waals surface area contributed by atoms with E-state index in [2.05, 4.69) is 10.1 Å². The topological polar surface area (TPSA) is 47.8 Å². The fourth-order valence-corrected chi connectivity index (χ4v) is 3.81. The Balaban J connectivity index is 1.68. The molecule has 2 aromatic carbocycles. The number of hydrogen-bond donors (Lipinski definition) is 0. The summed E-state index contributed by atoms with van der Waals surface area (Å²) in [7, 11) is 0. The zero-order valence-electron chi connectivity index (χ0n) is 12.0. The predicted octanol–water partition coefficient (Wildman–Crippen LogP) is 4.48. The summed E-state index contributed by atoms with van der Waals surface area (Å²) in [4.78, 5) is 16.9. The molecule has 6 heteroatoms. The second-order valence-electron chi connectivity index (χ2n) is 5.25. The molecule has 0 fully saturated rings. The van der Waals surface area contributed by atoms with Gasteiger partial charge in [-0.2, -0.15) is 4.68 Å². The van der Waals surface area contributed by atoms with Crippen molar-refractivity contribution < 1.29 is 4.79 Å². The van der Waals surface area contributed by atoms with Crippen LogP contribution >= 0.6 is 23.4 Å². The van der Waals surface area contributed by atoms with Crippen molar-refractivity contribution in [3.8, 4) is 11.4 Å². The van der Waals surface area contributed by atoms with Crippen LogP contribution in [0.15, 0.2) is 59.8 Å². The van der Waals surface area contributed by atoms with Crippen molar-refractivity contribution in [2.75, 3.05) is 0 Å². The maximum atomic E-state index is 12.4. The van der Waals surface area contributed by atoms with Crippen molar-refractivity contribution in [1.82, 2.24) is 14.8 Å². The summed E-state index contributed by atoms with van der Waals surface area (Å²) >= 11 is 7.48. The highest BCUT2D eigenvalue weighted by Gasteiger charge is 2.29. The standard InChI is InChI=1S/C17H12ClN3OS/c18-13-8-6-12(7-9-13)16-19-17-21(20-16)15(22)10-14(23-17)11-4-2-1-3-5-11/h1-9,14H,10H2. The molecule has 0 saturated heterocycles. The third-order valence-corrected chi connectivity index (χ3v) is 5.15. The van der Waals surface area contributed by atoms with Gasteiger partial charge in [-0.1, -0.05) is 53.7 Å². The quantitative estimate of drug-likeness (QED) is 0.689. The summed E-state index contributed by atoms with van der Waals surface area (Å²) in [5, 5.41) is 5.73. The Bertz CT molecular complexity index is 861. The van der Waals surface area contributed by atoms with Gasteiger partial charge in [0.25, 0.3) is 5.91 Å². The van der Waals surface area contributed by atoms with Gasteiger partial charge in [0, 0.05) is 22.3 Å². The fourth-order valence-electron chi connectivity index (χ4n) is 2.53. The molecule has 2 heterocycles. The van der Waals surface area contributed by atoms with Crippen LogP contribution in [0, 0.1) is 0 Å². The Labute approximate surface area is 142 Å². The van der Waals surface area contributed by atoms with Gasteiger partial charge in [0.05, 0.1) is 0 Å². The lowest BCUT2D eigenvalue weighted by Gasteiger charge is -2.20. The van der Waals surface area contributed by atoms with Crippen molar-refractivity contribution in [3.63, 3.8) is 0 Å². The van der Waals surface area contributed by atoms with E-state index in [4.69, 9.17) is 11.6 Å². The van der Waals surface area contributed by atoms with Crippen LogP contribution in [0.3, 0.4) is 0 Å². The average Bonchev–Trinajstić information content (AvgIpc) is 3.01. The lowest BCUT2D eigenvalue weighted by atomic mass is 10.1. The highest BCUT2D eigenvalue weighted by atomic mass is 35.5. The number of benzene rings is 2. The molecule has 0 spiro atoms. The van der Waals surface area contributed by atoms with Crippen molar-refractivity contribution in [2.24, 2.45) is 0 Å². The minimum absolute atomic E-state index is 0.0275. The number of halogens is 1. The van der Waals surface area contributed by atoms with E-state index in [9.17, 15) is 4.79 Å². The van der Waals surface area contributed by atoms with Gasteiger partial charge < -0.3 is 0 Å². The second-order valence-corrected chi connectivity index (χ2v) is 6.86. The summed E-state index contributed by atoms with van der Waals surface area (Å²) in [5.74, 6) is 0.520. The first-order valence-corrected chi connectivity index (χ1v) is 8.44. The first-order valence-electron chi connectivity index (χ1n) is 7.18. The number of nitrogens with zero attached hydrogens (tertiary/aromatic N) is 3. The minimum atomic E-state index is -0.0275. The molecule has 1 aliphatic heterocycles. The van der Waals surface area contributed by atoms with Crippen molar-refractivity contribution >= 4 is 29.3 Å². The van der Waals surface area contributed by atoms with Gasteiger partial charge in [-0.3, -0.25) is 4.79 Å². The second kappa shape index (κ2) is 5.83. The van der Waals surface area contributed by atoms with Crippen molar-refractivity contribution in [1.29, 1.82) is 0 Å². The number of rotatable bonds is 2. The van der Waals surface area contributed by atoms with E-state index in [1.807, 2.05) is 42.5 Å². The van der Waals surface area contributed by atoms with Gasteiger partial charge in [0.1, 0.15) is 0 Å². The van der Waals surface area contributed by atoms with E-state index in [0.717, 1.165) is 11.1 Å². The van der Waals surface area contributed by atoms with Gasteiger partial charge in [-0.25, -0.2) is 4.98 Å². The number of carbonyl (C=O) groups excluding carboxylic acids is 1. The SMILES string of the molecule is O=C1CC(c2ccccc2)Sc2nc(-c3ccc(Cl)cc3)nn21. The number of thioether (sulfide) groups is 1. The molecule has 1 unspecified atom stereocenters. The van der Waals surface area contributed by atoms with Crippen LogP contribution in [0.4, 0.5) is 0 Å². The third kappa shape index (κ3) is 2.78. The molecule has 3 aromatic rings. The van der Waals surface area contributed by atoms with Crippen LogP contribution in [0.25, 0.3) is 11.4 Å². The fraction of sp³-hybridized carbons (Fsp3) is 0.118. The Morgan fingerprint density at radius 3 is 2.57 bits per heavy atom. The summed E-state index contributed by atoms with van der Waals surface area (Å²) in [6.45, 7) is 0. The molecular weight excluding hydrogens is 330 g/mol. The lowest BCUT2D eigenvalue weighted by molar-refractivity contribution is 0.0868. The summed E-state index contributed by atoms with van der Waals surface area (Å²) in [6.07, 6.45) is 0.422. The first kappa shape index (κ1) is 14.5. The average molecular weight is 342 g/mol. The number of aromatic nitrogens is 3. The molecule has 0 aliphatic carbocycles. The molecule has 23 heavy (non-hydrogen) atoms.